The molecule has 0 aliphatic heterocycles. The molecule has 0 saturated heterocycles. The van der Waals surface area contributed by atoms with Crippen LogP contribution in [0.3, 0.4) is 0 Å². The van der Waals surface area contributed by atoms with E-state index in [4.69, 9.17) is 0 Å². The van der Waals surface area contributed by atoms with Crippen LogP contribution in [-0.2, 0) is 0 Å². The van der Waals surface area contributed by atoms with Crippen molar-refractivity contribution in [3.05, 3.63) is 20.8 Å². The summed E-state index contributed by atoms with van der Waals surface area (Å²) in [7, 11) is 0. The van der Waals surface area contributed by atoms with Crippen molar-refractivity contribution >= 4 is 27.3 Å². The number of halogens is 1. The van der Waals surface area contributed by atoms with Crippen LogP contribution >= 0.6 is 27.3 Å². The predicted octanol–water partition coefficient (Wildman–Crippen LogP) is 3.71. The number of nitrogens with one attached hydrogen (secondary N) is 1. The Labute approximate surface area is 91.7 Å². The van der Waals surface area contributed by atoms with Crippen LogP contribution in [0.4, 0.5) is 0 Å². The van der Waals surface area contributed by atoms with Crippen molar-refractivity contribution in [3.63, 3.8) is 0 Å². The maximum atomic E-state index is 3.64. The van der Waals surface area contributed by atoms with E-state index in [1.54, 1.807) is 0 Å². The second-order valence-electron chi connectivity index (χ2n) is 3.66. The number of thiophene rings is 1. The molecule has 1 aromatic heterocycles. The SMILES string of the molecule is CC(NC1CCC1)c1ccc(Br)s1. The van der Waals surface area contributed by atoms with Crippen LogP contribution in [0.15, 0.2) is 15.9 Å². The number of hydrogen-bond acceptors (Lipinski definition) is 2. The predicted molar refractivity (Wildman–Crippen MR) is 61.2 cm³/mol. The van der Waals surface area contributed by atoms with Gasteiger partial charge >= 0.3 is 0 Å². The molecule has 1 aromatic rings. The van der Waals surface area contributed by atoms with Gasteiger partial charge < -0.3 is 5.32 Å². The molecule has 0 spiro atoms. The summed E-state index contributed by atoms with van der Waals surface area (Å²) in [4.78, 5) is 1.43. The summed E-state index contributed by atoms with van der Waals surface area (Å²) in [5.41, 5.74) is 0. The maximum absolute atomic E-state index is 3.64. The summed E-state index contributed by atoms with van der Waals surface area (Å²) in [6, 6.07) is 5.61. The monoisotopic (exact) mass is 259 g/mol. The van der Waals surface area contributed by atoms with E-state index in [9.17, 15) is 0 Å². The zero-order valence-corrected chi connectivity index (χ0v) is 10.1. The lowest BCUT2D eigenvalue weighted by Gasteiger charge is -2.29. The van der Waals surface area contributed by atoms with Gasteiger partial charge in [0.25, 0.3) is 0 Å². The van der Waals surface area contributed by atoms with Gasteiger partial charge in [-0.2, -0.15) is 0 Å². The molecule has 0 aromatic carbocycles. The van der Waals surface area contributed by atoms with E-state index in [0.717, 1.165) is 6.04 Å². The largest absolute Gasteiger partial charge is 0.307 e. The molecule has 2 rings (SSSR count). The Bertz CT molecular complexity index is 280. The minimum Gasteiger partial charge on any atom is -0.307 e. The van der Waals surface area contributed by atoms with Crippen LogP contribution in [0.5, 0.6) is 0 Å². The normalized spacial score (nSPS) is 19.8. The van der Waals surface area contributed by atoms with Crippen LogP contribution < -0.4 is 5.32 Å². The molecule has 0 bridgehead atoms. The molecule has 1 heterocycles. The highest BCUT2D eigenvalue weighted by Gasteiger charge is 2.20. The summed E-state index contributed by atoms with van der Waals surface area (Å²) in [5.74, 6) is 0. The minimum absolute atomic E-state index is 0.515. The summed E-state index contributed by atoms with van der Waals surface area (Å²) in [5, 5.41) is 3.64. The van der Waals surface area contributed by atoms with Crippen molar-refractivity contribution in [1.82, 2.24) is 5.32 Å². The van der Waals surface area contributed by atoms with Crippen molar-refractivity contribution < 1.29 is 0 Å². The van der Waals surface area contributed by atoms with Gasteiger partial charge in [-0.3, -0.25) is 0 Å². The molecule has 1 atom stereocenters. The Hall–Kier alpha value is 0.140. The molecular formula is C10H14BrNS. The highest BCUT2D eigenvalue weighted by Crippen LogP contribution is 2.29. The van der Waals surface area contributed by atoms with E-state index in [-0.39, 0.29) is 0 Å². The first-order valence-corrected chi connectivity index (χ1v) is 6.38. The second-order valence-corrected chi connectivity index (χ2v) is 6.15. The van der Waals surface area contributed by atoms with Gasteiger partial charge in [0.05, 0.1) is 3.79 Å². The van der Waals surface area contributed by atoms with Gasteiger partial charge in [0.1, 0.15) is 0 Å². The molecule has 13 heavy (non-hydrogen) atoms. The Morgan fingerprint density at radius 3 is 2.77 bits per heavy atom. The van der Waals surface area contributed by atoms with Crippen LogP contribution in [-0.4, -0.2) is 6.04 Å². The molecule has 1 saturated carbocycles. The van der Waals surface area contributed by atoms with E-state index >= 15 is 0 Å². The lowest BCUT2D eigenvalue weighted by atomic mass is 9.92. The van der Waals surface area contributed by atoms with Crippen molar-refractivity contribution in [1.29, 1.82) is 0 Å². The minimum atomic E-state index is 0.515. The highest BCUT2D eigenvalue weighted by atomic mass is 79.9. The molecule has 0 radical (unpaired) electrons. The zero-order valence-electron chi connectivity index (χ0n) is 7.72. The summed E-state index contributed by atoms with van der Waals surface area (Å²) in [6.07, 6.45) is 4.12. The van der Waals surface area contributed by atoms with Gasteiger partial charge in [-0.05, 0) is 47.8 Å². The third-order valence-corrected chi connectivity index (χ3v) is 4.42. The lowest BCUT2D eigenvalue weighted by molar-refractivity contribution is 0.315. The quantitative estimate of drug-likeness (QED) is 0.873. The lowest BCUT2D eigenvalue weighted by Crippen LogP contribution is -2.36. The van der Waals surface area contributed by atoms with Crippen molar-refractivity contribution in [3.8, 4) is 0 Å². The molecule has 3 heteroatoms. The van der Waals surface area contributed by atoms with E-state index in [1.807, 2.05) is 11.3 Å². The van der Waals surface area contributed by atoms with Crippen molar-refractivity contribution in [2.75, 3.05) is 0 Å². The van der Waals surface area contributed by atoms with Crippen molar-refractivity contribution in [2.45, 2.75) is 38.3 Å². The molecule has 72 valence electrons. The van der Waals surface area contributed by atoms with Gasteiger partial charge in [0, 0.05) is 17.0 Å². The van der Waals surface area contributed by atoms with Crippen molar-refractivity contribution in [2.24, 2.45) is 0 Å². The first kappa shape index (κ1) is 9.69. The Balaban J connectivity index is 1.92. The van der Waals surface area contributed by atoms with E-state index < -0.39 is 0 Å². The van der Waals surface area contributed by atoms with Crippen LogP contribution in [0.1, 0.15) is 37.1 Å². The summed E-state index contributed by atoms with van der Waals surface area (Å²) in [6.45, 7) is 2.25. The Morgan fingerprint density at radius 1 is 1.54 bits per heavy atom. The average Bonchev–Trinajstić information content (AvgIpc) is 2.44. The highest BCUT2D eigenvalue weighted by molar-refractivity contribution is 9.11. The van der Waals surface area contributed by atoms with Crippen LogP contribution in [0.2, 0.25) is 0 Å². The Kier molecular flexibility index (Phi) is 3.06. The zero-order chi connectivity index (χ0) is 9.26. The number of hydrogen-bond donors (Lipinski definition) is 1. The molecule has 1 N–H and O–H groups in total. The third-order valence-electron chi connectivity index (χ3n) is 2.61. The second kappa shape index (κ2) is 4.11. The van der Waals surface area contributed by atoms with Gasteiger partial charge in [0.15, 0.2) is 0 Å². The van der Waals surface area contributed by atoms with E-state index in [2.05, 4.69) is 40.3 Å². The summed E-state index contributed by atoms with van der Waals surface area (Å²) >= 11 is 5.32. The van der Waals surface area contributed by atoms with Gasteiger partial charge in [0.2, 0.25) is 0 Å². The summed E-state index contributed by atoms with van der Waals surface area (Å²) < 4.78 is 1.23. The van der Waals surface area contributed by atoms with Crippen LogP contribution in [0.25, 0.3) is 0 Å². The van der Waals surface area contributed by atoms with E-state index in [0.29, 0.717) is 6.04 Å². The fourth-order valence-corrected chi connectivity index (χ4v) is 3.01. The van der Waals surface area contributed by atoms with Gasteiger partial charge in [-0.25, -0.2) is 0 Å². The third kappa shape index (κ3) is 2.33. The first-order valence-electron chi connectivity index (χ1n) is 4.77. The van der Waals surface area contributed by atoms with Gasteiger partial charge in [-0.15, -0.1) is 11.3 Å². The molecule has 0 amide bonds. The van der Waals surface area contributed by atoms with Gasteiger partial charge in [-0.1, -0.05) is 6.42 Å². The number of rotatable bonds is 3. The molecular weight excluding hydrogens is 246 g/mol. The Morgan fingerprint density at radius 2 is 2.31 bits per heavy atom. The average molecular weight is 260 g/mol. The fourth-order valence-electron chi connectivity index (χ4n) is 1.57. The fraction of sp³-hybridized carbons (Fsp3) is 0.600. The molecule has 1 aliphatic rings. The maximum Gasteiger partial charge on any atom is 0.0701 e. The topological polar surface area (TPSA) is 12.0 Å². The molecule has 1 fully saturated rings. The molecule has 1 nitrogen and oxygen atoms in total. The smallest absolute Gasteiger partial charge is 0.0701 e. The van der Waals surface area contributed by atoms with Crippen LogP contribution in [0, 0.1) is 0 Å². The standard InChI is InChI=1S/C10H14BrNS/c1-7(12-8-3-2-4-8)9-5-6-10(11)13-9/h5-8,12H,2-4H2,1H3. The molecule has 1 unspecified atom stereocenters. The van der Waals surface area contributed by atoms with E-state index in [1.165, 1.54) is 27.9 Å². The first-order chi connectivity index (χ1) is 6.25. The molecule has 1 aliphatic carbocycles.